The monoisotopic (exact) mass is 187 g/mol. The molecule has 0 fully saturated rings. The van der Waals surface area contributed by atoms with E-state index in [1.807, 2.05) is 6.08 Å². The van der Waals surface area contributed by atoms with Crippen molar-refractivity contribution in [3.8, 4) is 0 Å². The number of benzene rings is 1. The molecule has 0 N–H and O–H groups in total. The van der Waals surface area contributed by atoms with Crippen LogP contribution in [0.15, 0.2) is 24.8 Å². The molecular weight excluding hydrogens is 168 g/mol. The van der Waals surface area contributed by atoms with Gasteiger partial charge in [0, 0.05) is 0 Å². The molecule has 0 aromatic heterocycles. The highest BCUT2D eigenvalue weighted by atomic mass is 14.1. The number of rotatable bonds is 3. The summed E-state index contributed by atoms with van der Waals surface area (Å²) in [5, 5.41) is 0. The molecule has 0 saturated heterocycles. The van der Waals surface area contributed by atoms with Gasteiger partial charge in [-0.3, -0.25) is 0 Å². The third-order valence-electron chi connectivity index (χ3n) is 2.53. The van der Waals surface area contributed by atoms with Crippen molar-refractivity contribution in [2.24, 2.45) is 0 Å². The highest BCUT2D eigenvalue weighted by Gasteiger charge is 2.10. The van der Waals surface area contributed by atoms with Crippen LogP contribution in [0, 0.1) is 6.92 Å². The molecule has 1 atom stereocenters. The molecule has 0 spiro atoms. The SMILES string of the molecule is [CH2]C(C)c1cccc(C(C)C)c1C=C. The van der Waals surface area contributed by atoms with Crippen LogP contribution in [0.2, 0.25) is 0 Å². The fourth-order valence-corrected chi connectivity index (χ4v) is 1.77. The van der Waals surface area contributed by atoms with Gasteiger partial charge in [0.05, 0.1) is 0 Å². The van der Waals surface area contributed by atoms with Gasteiger partial charge in [0.25, 0.3) is 0 Å². The highest BCUT2D eigenvalue weighted by molar-refractivity contribution is 5.58. The summed E-state index contributed by atoms with van der Waals surface area (Å²) in [5.74, 6) is 0.864. The minimum Gasteiger partial charge on any atom is -0.0984 e. The van der Waals surface area contributed by atoms with Crippen molar-refractivity contribution in [2.45, 2.75) is 32.6 Å². The van der Waals surface area contributed by atoms with E-state index in [0.717, 1.165) is 0 Å². The highest BCUT2D eigenvalue weighted by Crippen LogP contribution is 2.27. The first-order chi connectivity index (χ1) is 6.57. The fourth-order valence-electron chi connectivity index (χ4n) is 1.77. The second-order valence-corrected chi connectivity index (χ2v) is 4.11. The lowest BCUT2D eigenvalue weighted by Crippen LogP contribution is -1.98. The van der Waals surface area contributed by atoms with E-state index in [4.69, 9.17) is 0 Å². The van der Waals surface area contributed by atoms with Crippen molar-refractivity contribution < 1.29 is 0 Å². The van der Waals surface area contributed by atoms with Gasteiger partial charge < -0.3 is 0 Å². The number of hydrogen-bond donors (Lipinski definition) is 0. The first kappa shape index (κ1) is 11.0. The summed E-state index contributed by atoms with van der Waals surface area (Å²) in [6.07, 6.45) is 1.95. The molecule has 0 nitrogen and oxygen atoms in total. The molecule has 1 aromatic rings. The first-order valence-corrected chi connectivity index (χ1v) is 5.16. The second kappa shape index (κ2) is 4.45. The smallest absolute Gasteiger partial charge is 0.0184 e. The Bertz CT molecular complexity index is 293. The molecule has 75 valence electrons. The van der Waals surface area contributed by atoms with Crippen LogP contribution in [0.3, 0.4) is 0 Å². The molecule has 0 bridgehead atoms. The Balaban J connectivity index is 3.32. The zero-order valence-corrected chi connectivity index (χ0v) is 9.38. The van der Waals surface area contributed by atoms with E-state index in [9.17, 15) is 0 Å². The Morgan fingerprint density at radius 1 is 1.14 bits per heavy atom. The van der Waals surface area contributed by atoms with Gasteiger partial charge in [0.2, 0.25) is 0 Å². The molecule has 0 aliphatic rings. The van der Waals surface area contributed by atoms with Gasteiger partial charge >= 0.3 is 0 Å². The molecular formula is C14H19. The largest absolute Gasteiger partial charge is 0.0984 e. The number of hydrogen-bond acceptors (Lipinski definition) is 0. The molecule has 0 aliphatic carbocycles. The predicted octanol–water partition coefficient (Wildman–Crippen LogP) is 4.39. The Labute approximate surface area is 87.7 Å². The lowest BCUT2D eigenvalue weighted by molar-refractivity contribution is 0.851. The van der Waals surface area contributed by atoms with Crippen LogP contribution in [0.4, 0.5) is 0 Å². The Morgan fingerprint density at radius 3 is 2.14 bits per heavy atom. The summed E-state index contributed by atoms with van der Waals surface area (Å²) >= 11 is 0. The van der Waals surface area contributed by atoms with Gasteiger partial charge in [0.15, 0.2) is 0 Å². The average molecular weight is 187 g/mol. The molecule has 1 radical (unpaired) electrons. The Hall–Kier alpha value is -1.04. The quantitative estimate of drug-likeness (QED) is 0.658. The van der Waals surface area contributed by atoms with E-state index >= 15 is 0 Å². The zero-order valence-electron chi connectivity index (χ0n) is 9.38. The van der Waals surface area contributed by atoms with Crippen molar-refractivity contribution in [1.82, 2.24) is 0 Å². The summed E-state index contributed by atoms with van der Waals surface area (Å²) in [6.45, 7) is 14.5. The van der Waals surface area contributed by atoms with E-state index in [0.29, 0.717) is 11.8 Å². The van der Waals surface area contributed by atoms with Crippen LogP contribution in [-0.4, -0.2) is 0 Å². The second-order valence-electron chi connectivity index (χ2n) is 4.11. The normalized spacial score (nSPS) is 11.0. The summed E-state index contributed by atoms with van der Waals surface area (Å²) < 4.78 is 0. The molecule has 0 heteroatoms. The molecule has 0 heterocycles. The van der Waals surface area contributed by atoms with Crippen LogP contribution in [-0.2, 0) is 0 Å². The molecule has 0 saturated carbocycles. The topological polar surface area (TPSA) is 0 Å². The Morgan fingerprint density at radius 2 is 1.71 bits per heavy atom. The van der Waals surface area contributed by atoms with E-state index in [1.165, 1.54) is 16.7 Å². The summed E-state index contributed by atoms with van der Waals surface area (Å²) in [5.41, 5.74) is 3.93. The van der Waals surface area contributed by atoms with Gasteiger partial charge in [-0.2, -0.15) is 0 Å². The van der Waals surface area contributed by atoms with Gasteiger partial charge in [-0.05, 0) is 35.4 Å². The lowest BCUT2D eigenvalue weighted by atomic mass is 9.89. The van der Waals surface area contributed by atoms with Crippen LogP contribution >= 0.6 is 0 Å². The van der Waals surface area contributed by atoms with E-state index in [-0.39, 0.29) is 0 Å². The van der Waals surface area contributed by atoms with Crippen molar-refractivity contribution in [2.75, 3.05) is 0 Å². The van der Waals surface area contributed by atoms with Gasteiger partial charge in [-0.15, -0.1) is 0 Å². The third kappa shape index (κ3) is 2.06. The molecule has 14 heavy (non-hydrogen) atoms. The maximum absolute atomic E-state index is 4.07. The summed E-state index contributed by atoms with van der Waals surface area (Å²) in [4.78, 5) is 0. The van der Waals surface area contributed by atoms with Crippen molar-refractivity contribution >= 4 is 6.08 Å². The maximum Gasteiger partial charge on any atom is -0.0184 e. The fraction of sp³-hybridized carbons (Fsp3) is 0.357. The average Bonchev–Trinajstić information content (AvgIpc) is 2.16. The third-order valence-corrected chi connectivity index (χ3v) is 2.53. The van der Waals surface area contributed by atoms with E-state index in [1.54, 1.807) is 0 Å². The Kier molecular flexibility index (Phi) is 3.51. The van der Waals surface area contributed by atoms with Crippen LogP contribution < -0.4 is 0 Å². The van der Waals surface area contributed by atoms with Gasteiger partial charge in [0.1, 0.15) is 0 Å². The van der Waals surface area contributed by atoms with Gasteiger partial charge in [-0.1, -0.05) is 51.6 Å². The first-order valence-electron chi connectivity index (χ1n) is 5.16. The molecule has 1 unspecified atom stereocenters. The predicted molar refractivity (Wildman–Crippen MR) is 64.4 cm³/mol. The van der Waals surface area contributed by atoms with Crippen molar-refractivity contribution in [3.05, 3.63) is 48.4 Å². The summed E-state index contributed by atoms with van der Waals surface area (Å²) in [6, 6.07) is 6.42. The minimum absolute atomic E-state index is 0.321. The molecule has 0 aliphatic heterocycles. The molecule has 1 rings (SSSR count). The van der Waals surface area contributed by atoms with E-state index < -0.39 is 0 Å². The van der Waals surface area contributed by atoms with Crippen LogP contribution in [0.5, 0.6) is 0 Å². The van der Waals surface area contributed by atoms with Crippen molar-refractivity contribution in [1.29, 1.82) is 0 Å². The van der Waals surface area contributed by atoms with Crippen LogP contribution in [0.25, 0.3) is 6.08 Å². The van der Waals surface area contributed by atoms with E-state index in [2.05, 4.69) is 52.5 Å². The van der Waals surface area contributed by atoms with Gasteiger partial charge in [-0.25, -0.2) is 0 Å². The minimum atomic E-state index is 0.321. The van der Waals surface area contributed by atoms with Crippen molar-refractivity contribution in [3.63, 3.8) is 0 Å². The summed E-state index contributed by atoms with van der Waals surface area (Å²) in [7, 11) is 0. The maximum atomic E-state index is 4.07. The lowest BCUT2D eigenvalue weighted by Gasteiger charge is -2.16. The zero-order chi connectivity index (χ0) is 10.7. The molecule has 1 aromatic carbocycles. The standard InChI is InChI=1S/C14H19/c1-6-12-13(10(2)3)8-7-9-14(12)11(4)5/h6-11H,1-2H2,3-5H3. The van der Waals surface area contributed by atoms with Crippen LogP contribution in [0.1, 0.15) is 49.3 Å². The molecule has 0 amide bonds.